The number of fused-ring (bicyclic) bond motifs is 10. The first-order valence-electron chi connectivity index (χ1n) is 43.6. The van der Waals surface area contributed by atoms with E-state index >= 15 is 4.79 Å². The Morgan fingerprint density at radius 1 is 0.568 bits per heavy atom. The Morgan fingerprint density at radius 3 is 1.36 bits per heavy atom. The fraction of sp³-hybridized carbons (Fsp3) is 0.515. The Hall–Kier alpha value is -10.9. The highest BCUT2D eigenvalue weighted by Gasteiger charge is 2.78. The van der Waals surface area contributed by atoms with E-state index in [9.17, 15) is 92.8 Å². The summed E-state index contributed by atoms with van der Waals surface area (Å²) in [5.74, 6) is -12.7. The van der Waals surface area contributed by atoms with Gasteiger partial charge >= 0.3 is 47.6 Å². The number of aromatic nitrogens is 2. The van der Waals surface area contributed by atoms with Gasteiger partial charge in [0, 0.05) is 77.9 Å². The zero-order valence-corrected chi connectivity index (χ0v) is 75.5. The van der Waals surface area contributed by atoms with Crippen molar-refractivity contribution in [2.24, 2.45) is 44.3 Å². The number of carbonyl (C=O) groups is 9. The van der Waals surface area contributed by atoms with Gasteiger partial charge in [0.25, 0.3) is 5.91 Å². The van der Waals surface area contributed by atoms with Gasteiger partial charge < -0.3 is 105 Å². The number of carbonyl (C=O) groups excluding carboxylic acids is 9. The zero-order valence-electron chi connectivity index (χ0n) is 75.5. The van der Waals surface area contributed by atoms with Crippen LogP contribution in [0.5, 0.6) is 0 Å². The van der Waals surface area contributed by atoms with Crippen molar-refractivity contribution < 1.29 is 141 Å². The molecule has 33 nitrogen and oxygen atoms in total. The molecule has 3 aliphatic heterocycles. The van der Waals surface area contributed by atoms with Crippen molar-refractivity contribution >= 4 is 59.2 Å². The van der Waals surface area contributed by atoms with Crippen molar-refractivity contribution in [2.75, 3.05) is 25.6 Å². The average molecular weight is 1840 g/mol. The summed E-state index contributed by atoms with van der Waals surface area (Å²) in [4.78, 5) is 140. The van der Waals surface area contributed by atoms with Crippen molar-refractivity contribution in [1.29, 1.82) is 0 Å². The van der Waals surface area contributed by atoms with E-state index in [1.807, 2.05) is 13.8 Å². The van der Waals surface area contributed by atoms with Crippen LogP contribution in [0.4, 0.5) is 19.4 Å². The Morgan fingerprint density at radius 2 is 0.970 bits per heavy atom. The SMILES string of the molecule is CC(=O)O[C@H]1C(=O)[C@@]2(C)C([C@H](OC(=O)c3ccccc3)[C@]3(O)C[C@H](OC(=O)[C@H](O)[C@@H](NC(=O)c4ccccc4)c4ccccc4)C(C)=C1C3(C)C)[C@]1(C)CO[C@@H]1C[C@@H]2O.CC1=C2[C@@H](O)C(=O)[C@@]3(C)C([C@H](OC(=O)c4ccccc4)[C@](O)(C[C@@H]1OC(=O)[C@H](O)[C@@H](NC(=O)OC(C)(C)C)c1ccccc1)C2(C)C)[C@]1(C)CO[C@@H]1C[C@@H]3O.Nc1ccn(C2OC(CO)C(O)C2(F)F)c(=O)n1. The lowest BCUT2D eigenvalue weighted by Gasteiger charge is -2.68. The molecule has 25 atom stereocenters. The van der Waals surface area contributed by atoms with Crippen molar-refractivity contribution in [2.45, 2.75) is 249 Å². The molecule has 3 saturated heterocycles. The number of benzene rings is 5. The minimum Gasteiger partial charge on any atom is -0.456 e. The molecule has 7 fully saturated rings. The molecule has 4 bridgehead atoms. The highest BCUT2D eigenvalue weighted by molar-refractivity contribution is 5.97. The average Bonchev–Trinajstić information content (AvgIpc) is 0.756. The summed E-state index contributed by atoms with van der Waals surface area (Å²) in [5, 5.41) is 109. The van der Waals surface area contributed by atoms with Gasteiger partial charge in [0.1, 0.15) is 59.2 Å². The molecule has 15 rings (SSSR count). The molecular formula is C97H115F2N5O28. The van der Waals surface area contributed by atoms with Crippen LogP contribution in [0, 0.1) is 44.3 Å². The summed E-state index contributed by atoms with van der Waals surface area (Å²) in [6.45, 7) is 22.1. The first kappa shape index (κ1) is 98.6. The van der Waals surface area contributed by atoms with Gasteiger partial charge in [0.05, 0.1) is 78.3 Å². The minimum atomic E-state index is -3.71. The fourth-order valence-electron chi connectivity index (χ4n) is 21.5. The van der Waals surface area contributed by atoms with E-state index < -0.39 is 243 Å². The normalized spacial score (nSPS) is 33.5. The van der Waals surface area contributed by atoms with Crippen molar-refractivity contribution in [3.63, 3.8) is 0 Å². The molecule has 35 heteroatoms. The molecule has 0 radical (unpaired) electrons. The summed E-state index contributed by atoms with van der Waals surface area (Å²) in [7, 11) is 0. The second-order valence-electron chi connectivity index (χ2n) is 38.7. The molecule has 9 aliphatic rings. The molecule has 0 spiro atoms. The molecule has 4 saturated carbocycles. The maximum absolute atomic E-state index is 15.3. The van der Waals surface area contributed by atoms with Gasteiger partial charge in [-0.25, -0.2) is 28.8 Å². The number of rotatable bonds is 18. The molecule has 132 heavy (non-hydrogen) atoms. The topological polar surface area (TPSA) is 504 Å². The van der Waals surface area contributed by atoms with Crippen LogP contribution in [0.25, 0.3) is 0 Å². The summed E-state index contributed by atoms with van der Waals surface area (Å²) < 4.78 is 80.7. The summed E-state index contributed by atoms with van der Waals surface area (Å²) in [6.07, 6.45) is -23.3. The maximum atomic E-state index is 15.3. The number of hydrogen-bond donors (Lipinski definition) is 12. The van der Waals surface area contributed by atoms with E-state index in [1.165, 1.54) is 0 Å². The smallest absolute Gasteiger partial charge is 0.408 e. The molecular weight excluding hydrogens is 1720 g/mol. The highest BCUT2D eigenvalue weighted by Crippen LogP contribution is 2.69. The third-order valence-electron chi connectivity index (χ3n) is 29.0. The van der Waals surface area contributed by atoms with Crippen LogP contribution in [0.2, 0.25) is 0 Å². The molecule has 6 aromatic rings. The number of halogens is 2. The largest absolute Gasteiger partial charge is 0.456 e. The van der Waals surface area contributed by atoms with Gasteiger partial charge in [0.2, 0.25) is 6.23 Å². The van der Waals surface area contributed by atoms with Crippen molar-refractivity contribution in [3.8, 4) is 0 Å². The summed E-state index contributed by atoms with van der Waals surface area (Å²) in [5.41, 5.74) is -7.29. The molecule has 4 heterocycles. The minimum absolute atomic E-state index is 0.0369. The number of Topliss-reactive ketones (excluding diaryl/α,β-unsaturated/α-hetero) is 2. The molecule has 1 aromatic heterocycles. The maximum Gasteiger partial charge on any atom is 0.408 e. The van der Waals surface area contributed by atoms with E-state index in [0.717, 1.165) is 19.2 Å². The van der Waals surface area contributed by atoms with Crippen LogP contribution >= 0.6 is 0 Å². The Kier molecular flexibility index (Phi) is 27.5. The number of hydrogen-bond acceptors (Lipinski definition) is 30. The predicted molar refractivity (Wildman–Crippen MR) is 463 cm³/mol. The number of esters is 5. The Bertz CT molecular complexity index is 5490. The number of alkyl carbamates (subject to hydrolysis) is 1. The first-order chi connectivity index (χ1) is 61.8. The van der Waals surface area contributed by atoms with Crippen LogP contribution in [0.3, 0.4) is 0 Å². The standard InChI is InChI=1S/C46H51NO12.C42H53NO12.C9H11F2N3O4/c1-25-30(58-42(54)35(50)34(27-16-10-7-11-17-27)47-40(52)28-18-12-8-13-19-28)23-46(55)39(59-41(53)29-20-14-9-15-21-29)37-44(5)24-56-32(44)22-31(49)45(37,6)38(51)36(57-26(2)48)33(25)43(46,3)4;1-22-25(53-36(49)31(46)29(23-15-11-9-12-16-23)43-37(50)55-38(2,3)4)20-42(51)34(54-35(48)24-17-13-10-14-18-24)32-40(7)21-52-27(40)19-26(44)41(32,8)33(47)30(45)28(22)39(42,5)6;10-9(11)6(16)4(3-15)18-7(9)14-2-1-5(12)13-8(14)17/h7-21,30-32,34-37,39,49-50,55H,22-24H2,1-6H3,(H,47,52);9-18,25-27,29-32,34,44-46,51H,19-21H2,1-8H3,(H,43,50);1-2,4,6-7,15-16H,3H2,(H2,12,13,17)/t30-,31-,32+,34-,35+,36+,37?,39-,44+,45+,46+;25-,26-,27+,29-,30+,31+,32?,34-,40+,41+,42+;/m00./s1. The molecule has 710 valence electrons. The van der Waals surface area contributed by atoms with E-state index in [-0.39, 0.29) is 77.3 Å². The lowest BCUT2D eigenvalue weighted by Crippen LogP contribution is -2.78. The summed E-state index contributed by atoms with van der Waals surface area (Å²) >= 11 is 0. The number of amides is 2. The van der Waals surface area contributed by atoms with Crippen molar-refractivity contribution in [1.82, 2.24) is 20.2 Å². The number of ether oxygens (including phenoxy) is 9. The van der Waals surface area contributed by atoms with Gasteiger partial charge in [-0.2, -0.15) is 13.8 Å². The quantitative estimate of drug-likeness (QED) is 0.0231. The van der Waals surface area contributed by atoms with Gasteiger partial charge in [0.15, 0.2) is 36.0 Å². The molecule has 5 aromatic carbocycles. The van der Waals surface area contributed by atoms with Crippen LogP contribution in [0.1, 0.15) is 183 Å². The van der Waals surface area contributed by atoms with E-state index in [4.69, 9.17) is 53.5 Å². The Labute approximate surface area is 759 Å². The third kappa shape index (κ3) is 17.4. The molecule has 5 unspecified atom stereocenters. The van der Waals surface area contributed by atoms with Crippen LogP contribution in [-0.4, -0.2) is 237 Å². The second-order valence-corrected chi connectivity index (χ2v) is 38.7. The van der Waals surface area contributed by atoms with Crippen LogP contribution in [0.15, 0.2) is 191 Å². The second kappa shape index (κ2) is 36.8. The number of ketones is 2. The van der Waals surface area contributed by atoms with Crippen LogP contribution < -0.4 is 22.1 Å². The number of anilines is 1. The van der Waals surface area contributed by atoms with Gasteiger partial charge in [-0.05, 0) is 124 Å². The van der Waals surface area contributed by atoms with E-state index in [0.29, 0.717) is 15.7 Å². The lowest BCUT2D eigenvalue weighted by atomic mass is 9.42. The lowest BCUT2D eigenvalue weighted by molar-refractivity contribution is -0.313. The van der Waals surface area contributed by atoms with Crippen molar-refractivity contribution in [3.05, 3.63) is 225 Å². The Balaban J connectivity index is 0.000000189. The van der Waals surface area contributed by atoms with Gasteiger partial charge in [-0.3, -0.25) is 23.7 Å². The van der Waals surface area contributed by atoms with Crippen LogP contribution in [-0.2, 0) is 66.6 Å². The number of alkyl halides is 2. The first-order valence-corrected chi connectivity index (χ1v) is 43.6. The zero-order chi connectivity index (χ0) is 96.6. The number of aliphatic hydroxyl groups is 9. The monoisotopic (exact) mass is 1840 g/mol. The van der Waals surface area contributed by atoms with Gasteiger partial charge in [-0.1, -0.05) is 157 Å². The highest BCUT2D eigenvalue weighted by atomic mass is 19.3. The number of nitrogens with two attached hydrogens (primary N) is 1. The molecule has 13 N–H and O–H groups in total. The molecule has 2 amide bonds. The third-order valence-corrected chi connectivity index (χ3v) is 29.0. The van der Waals surface area contributed by atoms with E-state index in [2.05, 4.69) is 15.6 Å². The number of nitrogens with zero attached hydrogens (tertiary/aromatic N) is 2. The summed E-state index contributed by atoms with van der Waals surface area (Å²) in [6, 6.07) is 39.8. The number of nitrogens with one attached hydrogen (secondary N) is 2. The molecule has 6 aliphatic carbocycles. The number of nitrogen functional groups attached to an aromatic ring is 1. The van der Waals surface area contributed by atoms with Gasteiger partial charge in [-0.15, -0.1) is 0 Å². The number of aliphatic hydroxyl groups excluding tert-OH is 7. The fourth-order valence-corrected chi connectivity index (χ4v) is 21.5. The van der Waals surface area contributed by atoms with E-state index in [1.54, 1.807) is 228 Å². The predicted octanol–water partition coefficient (Wildman–Crippen LogP) is 7.12.